The van der Waals surface area contributed by atoms with Crippen molar-refractivity contribution in [2.45, 2.75) is 38.5 Å². The Hall–Kier alpha value is -1.40. The maximum Gasteiger partial charge on any atom is 0.251 e. The number of halogens is 2. The average Bonchev–Trinajstić information content (AvgIpc) is 2.83. The van der Waals surface area contributed by atoms with E-state index in [0.29, 0.717) is 35.3 Å². The minimum Gasteiger partial charge on any atom is -0.391 e. The van der Waals surface area contributed by atoms with Crippen LogP contribution in [0.25, 0.3) is 0 Å². The zero-order valence-electron chi connectivity index (χ0n) is 13.5. The molecule has 24 heavy (non-hydrogen) atoms. The van der Waals surface area contributed by atoms with E-state index in [4.69, 9.17) is 23.2 Å². The summed E-state index contributed by atoms with van der Waals surface area (Å²) in [6.45, 7) is 2.37. The molecule has 0 saturated heterocycles. The van der Waals surface area contributed by atoms with Crippen molar-refractivity contribution in [2.75, 3.05) is 7.05 Å². The Bertz CT molecular complexity index is 822. The Morgan fingerprint density at radius 1 is 1.38 bits per heavy atom. The third-order valence-electron chi connectivity index (χ3n) is 4.37. The van der Waals surface area contributed by atoms with E-state index >= 15 is 0 Å². The molecule has 2 N–H and O–H groups in total. The molecule has 0 saturated carbocycles. The molecular formula is C17H19Cl2N3O2. The highest BCUT2D eigenvalue weighted by molar-refractivity contribution is 6.35. The molecule has 7 heteroatoms. The summed E-state index contributed by atoms with van der Waals surface area (Å²) in [5.74, 6) is 0.579. The lowest BCUT2D eigenvalue weighted by Crippen LogP contribution is -2.32. The van der Waals surface area contributed by atoms with Crippen molar-refractivity contribution >= 4 is 23.2 Å². The predicted octanol–water partition coefficient (Wildman–Crippen LogP) is 2.73. The number of hydrogen-bond acceptors (Lipinski definition) is 4. The number of nitrogens with one attached hydrogen (secondary N) is 1. The number of aromatic amines is 1. The molecule has 5 nitrogen and oxygen atoms in total. The van der Waals surface area contributed by atoms with Crippen LogP contribution in [0, 0.1) is 0 Å². The number of rotatable bonds is 4. The fourth-order valence-electron chi connectivity index (χ4n) is 3.32. The largest absolute Gasteiger partial charge is 0.391 e. The van der Waals surface area contributed by atoms with Crippen LogP contribution in [-0.2, 0) is 19.4 Å². The minimum atomic E-state index is -0.581. The van der Waals surface area contributed by atoms with E-state index in [1.807, 2.05) is 24.9 Å². The highest BCUT2D eigenvalue weighted by atomic mass is 35.5. The lowest BCUT2D eigenvalue weighted by molar-refractivity contribution is 0.0710. The molecule has 1 aliphatic rings. The number of benzene rings is 1. The maximum atomic E-state index is 11.7. The van der Waals surface area contributed by atoms with Gasteiger partial charge in [0.25, 0.3) is 5.56 Å². The second kappa shape index (κ2) is 6.84. The monoisotopic (exact) mass is 367 g/mol. The van der Waals surface area contributed by atoms with E-state index in [-0.39, 0.29) is 11.6 Å². The predicted molar refractivity (Wildman–Crippen MR) is 94.6 cm³/mol. The summed E-state index contributed by atoms with van der Waals surface area (Å²) in [5, 5.41) is 11.6. The van der Waals surface area contributed by atoms with Crippen molar-refractivity contribution in [1.82, 2.24) is 14.9 Å². The Morgan fingerprint density at radius 2 is 2.12 bits per heavy atom. The van der Waals surface area contributed by atoms with E-state index in [2.05, 4.69) is 9.97 Å². The lowest BCUT2D eigenvalue weighted by Gasteiger charge is -2.27. The van der Waals surface area contributed by atoms with Gasteiger partial charge in [-0.15, -0.1) is 0 Å². The van der Waals surface area contributed by atoms with Crippen molar-refractivity contribution in [3.63, 3.8) is 0 Å². The van der Waals surface area contributed by atoms with Gasteiger partial charge in [-0.25, -0.2) is 4.98 Å². The molecule has 1 aliphatic carbocycles. The van der Waals surface area contributed by atoms with Crippen molar-refractivity contribution < 1.29 is 5.11 Å². The van der Waals surface area contributed by atoms with Crippen LogP contribution in [0.15, 0.2) is 23.0 Å². The van der Waals surface area contributed by atoms with Crippen LogP contribution in [0.1, 0.15) is 35.6 Å². The van der Waals surface area contributed by atoms with Crippen LogP contribution < -0.4 is 5.56 Å². The van der Waals surface area contributed by atoms with Crippen LogP contribution in [0.5, 0.6) is 0 Å². The molecule has 1 heterocycles. The number of aromatic nitrogens is 2. The Labute approximate surface area is 150 Å². The lowest BCUT2D eigenvalue weighted by atomic mass is 10.1. The molecule has 2 unspecified atom stereocenters. The third kappa shape index (κ3) is 3.35. The molecule has 0 spiro atoms. The van der Waals surface area contributed by atoms with Crippen LogP contribution in [0.4, 0.5) is 0 Å². The smallest absolute Gasteiger partial charge is 0.251 e. The summed E-state index contributed by atoms with van der Waals surface area (Å²) in [7, 11) is 1.89. The van der Waals surface area contributed by atoms with Gasteiger partial charge < -0.3 is 10.1 Å². The maximum absolute atomic E-state index is 11.7. The minimum absolute atomic E-state index is 0.163. The van der Waals surface area contributed by atoms with Crippen LogP contribution >= 0.6 is 23.2 Å². The van der Waals surface area contributed by atoms with Gasteiger partial charge in [-0.05, 0) is 36.7 Å². The van der Waals surface area contributed by atoms with Gasteiger partial charge in [-0.2, -0.15) is 0 Å². The molecule has 0 fully saturated rings. The van der Waals surface area contributed by atoms with Crippen LogP contribution in [0.3, 0.4) is 0 Å². The first-order chi connectivity index (χ1) is 11.4. The fourth-order valence-corrected chi connectivity index (χ4v) is 3.90. The molecule has 2 atom stereocenters. The van der Waals surface area contributed by atoms with E-state index < -0.39 is 6.10 Å². The summed E-state index contributed by atoms with van der Waals surface area (Å²) < 4.78 is 0. The van der Waals surface area contributed by atoms with Crippen molar-refractivity contribution in [1.29, 1.82) is 0 Å². The molecular weight excluding hydrogens is 349 g/mol. The topological polar surface area (TPSA) is 69.2 Å². The number of aliphatic hydroxyl groups excluding tert-OH is 1. The van der Waals surface area contributed by atoms with Crippen molar-refractivity contribution in [3.8, 4) is 0 Å². The highest BCUT2D eigenvalue weighted by Crippen LogP contribution is 2.41. The van der Waals surface area contributed by atoms with Gasteiger partial charge in [0.05, 0.1) is 18.7 Å². The second-order valence-electron chi connectivity index (χ2n) is 6.12. The SMILES string of the molecule is CCc1cc(=O)[nH]c(CN(C)C2c3cc(Cl)cc(Cl)c3CC2O)n1. The summed E-state index contributed by atoms with van der Waals surface area (Å²) in [5.41, 5.74) is 2.44. The van der Waals surface area contributed by atoms with Gasteiger partial charge in [-0.1, -0.05) is 30.1 Å². The summed E-state index contributed by atoms with van der Waals surface area (Å²) in [4.78, 5) is 20.9. The normalized spacial score (nSPS) is 19.8. The molecule has 0 aliphatic heterocycles. The number of likely N-dealkylation sites (N-methyl/N-ethyl adjacent to an activating group) is 1. The van der Waals surface area contributed by atoms with Crippen LogP contribution in [0.2, 0.25) is 10.0 Å². The third-order valence-corrected chi connectivity index (χ3v) is 4.93. The van der Waals surface area contributed by atoms with Gasteiger partial charge >= 0.3 is 0 Å². The summed E-state index contributed by atoms with van der Waals surface area (Å²) in [6, 6.07) is 4.80. The van der Waals surface area contributed by atoms with E-state index in [9.17, 15) is 9.90 Å². The van der Waals surface area contributed by atoms with Crippen molar-refractivity contribution in [3.05, 3.63) is 61.2 Å². The Balaban J connectivity index is 1.90. The zero-order chi connectivity index (χ0) is 17.4. The molecule has 0 radical (unpaired) electrons. The second-order valence-corrected chi connectivity index (χ2v) is 6.97. The number of hydrogen-bond donors (Lipinski definition) is 2. The van der Waals surface area contributed by atoms with Gasteiger partial charge in [0.1, 0.15) is 5.82 Å². The van der Waals surface area contributed by atoms with Crippen LogP contribution in [-0.4, -0.2) is 33.1 Å². The molecule has 1 aromatic carbocycles. The fraction of sp³-hybridized carbons (Fsp3) is 0.412. The first kappa shape index (κ1) is 17.4. The zero-order valence-corrected chi connectivity index (χ0v) is 15.0. The standard InChI is InChI=1S/C17H19Cl2N3O2/c1-3-10-6-16(24)21-15(20-10)8-22(2)17-12-4-9(18)5-13(19)11(12)7-14(17)23/h4-6,14,17,23H,3,7-8H2,1-2H3,(H,20,21,24). The molecule has 2 aromatic rings. The number of nitrogens with zero attached hydrogens (tertiary/aromatic N) is 2. The van der Waals surface area contributed by atoms with Gasteiger partial charge in [0.15, 0.2) is 0 Å². The van der Waals surface area contributed by atoms with E-state index in [1.54, 1.807) is 6.07 Å². The number of fused-ring (bicyclic) bond motifs is 1. The Kier molecular flexibility index (Phi) is 4.97. The molecule has 3 rings (SSSR count). The number of aliphatic hydroxyl groups is 1. The highest BCUT2D eigenvalue weighted by Gasteiger charge is 2.35. The van der Waals surface area contributed by atoms with E-state index in [1.165, 1.54) is 6.07 Å². The van der Waals surface area contributed by atoms with Gasteiger partial charge in [0, 0.05) is 28.2 Å². The molecule has 128 valence electrons. The van der Waals surface area contributed by atoms with Gasteiger partial charge in [0.2, 0.25) is 0 Å². The first-order valence-electron chi connectivity index (χ1n) is 7.84. The molecule has 0 amide bonds. The number of H-pyrrole nitrogens is 1. The van der Waals surface area contributed by atoms with E-state index in [0.717, 1.165) is 16.8 Å². The summed E-state index contributed by atoms with van der Waals surface area (Å²) in [6.07, 6.45) is 0.599. The Morgan fingerprint density at radius 3 is 2.83 bits per heavy atom. The quantitative estimate of drug-likeness (QED) is 0.871. The summed E-state index contributed by atoms with van der Waals surface area (Å²) >= 11 is 12.4. The number of aryl methyl sites for hydroxylation is 1. The average molecular weight is 368 g/mol. The first-order valence-corrected chi connectivity index (χ1v) is 8.60. The molecule has 0 bridgehead atoms. The van der Waals surface area contributed by atoms with Gasteiger partial charge in [-0.3, -0.25) is 9.69 Å². The van der Waals surface area contributed by atoms with Crippen molar-refractivity contribution in [2.24, 2.45) is 0 Å². The molecule has 1 aromatic heterocycles.